The van der Waals surface area contributed by atoms with Gasteiger partial charge in [-0.15, -0.1) is 0 Å². The maximum atomic E-state index is 6.06. The van der Waals surface area contributed by atoms with E-state index in [1.165, 1.54) is 0 Å². The van der Waals surface area contributed by atoms with Crippen LogP contribution in [0.4, 0.5) is 0 Å². The van der Waals surface area contributed by atoms with E-state index in [-0.39, 0.29) is 11.5 Å². The predicted molar refractivity (Wildman–Crippen MR) is 67.3 cm³/mol. The van der Waals surface area contributed by atoms with Gasteiger partial charge in [-0.2, -0.15) is 0 Å². The van der Waals surface area contributed by atoms with Crippen molar-refractivity contribution in [2.45, 2.75) is 58.9 Å². The molecule has 0 aliphatic heterocycles. The normalized spacial score (nSPS) is 13.9. The maximum Gasteiger partial charge on any atom is 0.145 e. The van der Waals surface area contributed by atoms with Crippen LogP contribution in [0, 0.1) is 6.92 Å². The first-order valence-electron chi connectivity index (χ1n) is 5.96. The zero-order valence-electron chi connectivity index (χ0n) is 11.0. The predicted octanol–water partition coefficient (Wildman–Crippen LogP) is 2.88. The Morgan fingerprint density at radius 3 is 2.44 bits per heavy atom. The molecule has 0 amide bonds. The van der Waals surface area contributed by atoms with Gasteiger partial charge in [-0.1, -0.05) is 34.1 Å². The smallest absolute Gasteiger partial charge is 0.145 e. The number of hydrogen-bond acceptors (Lipinski definition) is 3. The van der Waals surface area contributed by atoms with Crippen molar-refractivity contribution >= 4 is 0 Å². The molecule has 0 spiro atoms. The van der Waals surface area contributed by atoms with Crippen LogP contribution in [-0.4, -0.2) is 9.97 Å². The van der Waals surface area contributed by atoms with Crippen LogP contribution in [0.1, 0.15) is 63.8 Å². The second-order valence-electron chi connectivity index (χ2n) is 5.40. The molecule has 90 valence electrons. The van der Waals surface area contributed by atoms with Gasteiger partial charge < -0.3 is 5.73 Å². The van der Waals surface area contributed by atoms with Crippen LogP contribution in [0.3, 0.4) is 0 Å². The third kappa shape index (κ3) is 3.27. The van der Waals surface area contributed by atoms with E-state index in [4.69, 9.17) is 5.73 Å². The van der Waals surface area contributed by atoms with E-state index in [0.717, 1.165) is 30.1 Å². The molecule has 3 heteroatoms. The fourth-order valence-electron chi connectivity index (χ4n) is 1.58. The average molecular weight is 221 g/mol. The first kappa shape index (κ1) is 13.1. The number of hydrogen-bond donors (Lipinski definition) is 1. The molecule has 1 unspecified atom stereocenters. The number of rotatable bonds is 3. The molecular weight excluding hydrogens is 198 g/mol. The molecule has 1 rings (SSSR count). The third-order valence-electron chi connectivity index (χ3n) is 2.57. The minimum Gasteiger partial charge on any atom is -0.321 e. The van der Waals surface area contributed by atoms with E-state index in [1.54, 1.807) is 0 Å². The minimum atomic E-state index is -0.0361. The van der Waals surface area contributed by atoms with Crippen molar-refractivity contribution in [1.29, 1.82) is 0 Å². The zero-order valence-corrected chi connectivity index (χ0v) is 11.0. The minimum absolute atomic E-state index is 0.0361. The van der Waals surface area contributed by atoms with Crippen molar-refractivity contribution in [3.05, 3.63) is 23.3 Å². The Morgan fingerprint density at radius 2 is 1.94 bits per heavy atom. The molecule has 1 aromatic heterocycles. The summed E-state index contributed by atoms with van der Waals surface area (Å²) in [6.45, 7) is 10.6. The first-order valence-corrected chi connectivity index (χ1v) is 5.96. The van der Waals surface area contributed by atoms with Crippen LogP contribution in [0.2, 0.25) is 0 Å². The maximum absolute atomic E-state index is 6.06. The summed E-state index contributed by atoms with van der Waals surface area (Å²) < 4.78 is 0. The van der Waals surface area contributed by atoms with Gasteiger partial charge in [0.25, 0.3) is 0 Å². The first-order chi connectivity index (χ1) is 7.34. The number of nitrogens with two attached hydrogens (primary N) is 1. The molecule has 0 saturated heterocycles. The Morgan fingerprint density at radius 1 is 1.31 bits per heavy atom. The van der Waals surface area contributed by atoms with Gasteiger partial charge in [-0.3, -0.25) is 0 Å². The number of aryl methyl sites for hydroxylation is 1. The van der Waals surface area contributed by atoms with Gasteiger partial charge in [0.2, 0.25) is 0 Å². The summed E-state index contributed by atoms with van der Waals surface area (Å²) in [5.74, 6) is 0.784. The molecule has 1 atom stereocenters. The number of aromatic nitrogens is 2. The van der Waals surface area contributed by atoms with Crippen molar-refractivity contribution in [3.8, 4) is 0 Å². The summed E-state index contributed by atoms with van der Waals surface area (Å²) in [6.07, 6.45) is 2.00. The molecule has 1 aromatic rings. The van der Waals surface area contributed by atoms with Crippen LogP contribution in [0.5, 0.6) is 0 Å². The van der Waals surface area contributed by atoms with E-state index in [9.17, 15) is 0 Å². The monoisotopic (exact) mass is 221 g/mol. The van der Waals surface area contributed by atoms with Crippen LogP contribution in [-0.2, 0) is 5.41 Å². The van der Waals surface area contributed by atoms with Crippen molar-refractivity contribution < 1.29 is 0 Å². The molecule has 0 aliphatic rings. The largest absolute Gasteiger partial charge is 0.321 e. The molecule has 16 heavy (non-hydrogen) atoms. The lowest BCUT2D eigenvalue weighted by Gasteiger charge is -2.20. The molecule has 0 aromatic carbocycles. The SMILES string of the molecule is CCCC(N)c1nc(C)cc(C(C)(C)C)n1. The van der Waals surface area contributed by atoms with Crippen LogP contribution >= 0.6 is 0 Å². The van der Waals surface area contributed by atoms with Gasteiger partial charge in [0.05, 0.1) is 6.04 Å². The molecule has 1 heterocycles. The van der Waals surface area contributed by atoms with Crippen LogP contribution in [0.25, 0.3) is 0 Å². The average Bonchev–Trinajstić information content (AvgIpc) is 2.16. The topological polar surface area (TPSA) is 51.8 Å². The second kappa shape index (κ2) is 4.91. The van der Waals surface area contributed by atoms with E-state index in [0.29, 0.717) is 0 Å². The molecule has 0 aliphatic carbocycles. The van der Waals surface area contributed by atoms with Gasteiger partial charge >= 0.3 is 0 Å². The van der Waals surface area contributed by atoms with E-state index < -0.39 is 0 Å². The molecule has 0 fully saturated rings. The Kier molecular flexibility index (Phi) is 4.03. The summed E-state index contributed by atoms with van der Waals surface area (Å²) in [5, 5.41) is 0. The number of nitrogens with zero attached hydrogens (tertiary/aromatic N) is 2. The second-order valence-corrected chi connectivity index (χ2v) is 5.40. The van der Waals surface area contributed by atoms with Gasteiger partial charge in [0.1, 0.15) is 5.82 Å². The highest BCUT2D eigenvalue weighted by Crippen LogP contribution is 2.22. The molecule has 0 bridgehead atoms. The fraction of sp³-hybridized carbons (Fsp3) is 0.692. The molecule has 0 radical (unpaired) electrons. The summed E-state index contributed by atoms with van der Waals surface area (Å²) in [5.41, 5.74) is 8.18. The lowest BCUT2D eigenvalue weighted by atomic mass is 9.91. The highest BCUT2D eigenvalue weighted by atomic mass is 14.9. The van der Waals surface area contributed by atoms with E-state index >= 15 is 0 Å². The van der Waals surface area contributed by atoms with Crippen LogP contribution < -0.4 is 5.73 Å². The van der Waals surface area contributed by atoms with Crippen molar-refractivity contribution in [2.24, 2.45) is 5.73 Å². The summed E-state index contributed by atoms with van der Waals surface area (Å²) in [4.78, 5) is 9.02. The van der Waals surface area contributed by atoms with E-state index in [2.05, 4.69) is 37.7 Å². The highest BCUT2D eigenvalue weighted by Gasteiger charge is 2.18. The Balaban J connectivity index is 3.08. The highest BCUT2D eigenvalue weighted by molar-refractivity contribution is 5.18. The quantitative estimate of drug-likeness (QED) is 0.853. The van der Waals surface area contributed by atoms with Gasteiger partial charge in [-0.05, 0) is 19.4 Å². The van der Waals surface area contributed by atoms with E-state index in [1.807, 2.05) is 13.0 Å². The molecule has 2 N–H and O–H groups in total. The summed E-state index contributed by atoms with van der Waals surface area (Å²) in [7, 11) is 0. The fourth-order valence-corrected chi connectivity index (χ4v) is 1.58. The lowest BCUT2D eigenvalue weighted by Crippen LogP contribution is -2.20. The Bertz CT molecular complexity index is 353. The standard InChI is InChI=1S/C13H23N3/c1-6-7-10(14)12-15-9(2)8-11(16-12)13(3,4)5/h8,10H,6-7,14H2,1-5H3. The summed E-state index contributed by atoms with van der Waals surface area (Å²) in [6, 6.07) is 2.01. The van der Waals surface area contributed by atoms with Gasteiger partial charge in [0, 0.05) is 16.8 Å². The zero-order chi connectivity index (χ0) is 12.3. The van der Waals surface area contributed by atoms with Crippen LogP contribution in [0.15, 0.2) is 6.07 Å². The molecule has 0 saturated carbocycles. The summed E-state index contributed by atoms with van der Waals surface area (Å²) >= 11 is 0. The Labute approximate surface area is 98.5 Å². The third-order valence-corrected chi connectivity index (χ3v) is 2.57. The Hall–Kier alpha value is -0.960. The molecular formula is C13H23N3. The lowest BCUT2D eigenvalue weighted by molar-refractivity contribution is 0.540. The molecule has 3 nitrogen and oxygen atoms in total. The van der Waals surface area contributed by atoms with Crippen molar-refractivity contribution in [2.75, 3.05) is 0 Å². The van der Waals surface area contributed by atoms with Gasteiger partial charge in [-0.25, -0.2) is 9.97 Å². The van der Waals surface area contributed by atoms with Crippen molar-refractivity contribution in [3.63, 3.8) is 0 Å². The van der Waals surface area contributed by atoms with Gasteiger partial charge in [0.15, 0.2) is 0 Å². The van der Waals surface area contributed by atoms with Crippen molar-refractivity contribution in [1.82, 2.24) is 9.97 Å².